The number of hydrogen-bond donors (Lipinski definition) is 3. The number of unbranched alkanes of at least 4 members (excludes halogenated alkanes) is 6. The predicted molar refractivity (Wildman–Crippen MR) is 219 cm³/mol. The van der Waals surface area contributed by atoms with Crippen molar-refractivity contribution in [2.75, 3.05) is 52.5 Å². The highest BCUT2D eigenvalue weighted by Crippen LogP contribution is 2.69. The molecule has 0 unspecified atom stereocenters. The van der Waals surface area contributed by atoms with Gasteiger partial charge in [0.15, 0.2) is 0 Å². The second kappa shape index (κ2) is 22.8. The summed E-state index contributed by atoms with van der Waals surface area (Å²) in [6, 6.07) is 0. The highest BCUT2D eigenvalue weighted by Gasteiger charge is 2.66. The van der Waals surface area contributed by atoms with Gasteiger partial charge < -0.3 is 36.3 Å². The Balaban J connectivity index is 1.54. The van der Waals surface area contributed by atoms with E-state index in [4.69, 9.17) is 31.4 Å². The molecule has 11 atom stereocenters. The number of amides is 1. The van der Waals surface area contributed by atoms with Gasteiger partial charge >= 0.3 is 0 Å². The van der Waals surface area contributed by atoms with Crippen molar-refractivity contribution in [2.24, 2.45) is 63.5 Å². The predicted octanol–water partition coefficient (Wildman–Crippen LogP) is 8.47. The maximum atomic E-state index is 13.9. The Hall–Kier alpha value is -0.770. The largest absolute Gasteiger partial charge is 0.378 e. The fourth-order valence-corrected chi connectivity index (χ4v) is 12.1. The van der Waals surface area contributed by atoms with Crippen LogP contribution in [0, 0.1) is 46.3 Å². The Bertz CT molecular complexity index is 1020. The molecule has 0 heterocycles. The fourth-order valence-electron chi connectivity index (χ4n) is 12.1. The zero-order chi connectivity index (χ0) is 38.3. The van der Waals surface area contributed by atoms with E-state index in [2.05, 4.69) is 39.5 Å². The van der Waals surface area contributed by atoms with Gasteiger partial charge in [0.25, 0.3) is 0 Å². The number of carbonyl (C=O) groups excluding carboxylic acids is 1. The van der Waals surface area contributed by atoms with Gasteiger partial charge in [-0.3, -0.25) is 4.79 Å². The van der Waals surface area contributed by atoms with Crippen molar-refractivity contribution in [3.05, 3.63) is 0 Å². The molecule has 0 aromatic heterocycles. The van der Waals surface area contributed by atoms with Gasteiger partial charge in [0.05, 0.1) is 18.3 Å². The van der Waals surface area contributed by atoms with Crippen LogP contribution in [0.15, 0.2) is 0 Å². The zero-order valence-electron chi connectivity index (χ0n) is 35.3. The summed E-state index contributed by atoms with van der Waals surface area (Å²) >= 11 is 0. The van der Waals surface area contributed by atoms with Crippen molar-refractivity contribution in [1.29, 1.82) is 0 Å². The van der Waals surface area contributed by atoms with E-state index >= 15 is 0 Å². The summed E-state index contributed by atoms with van der Waals surface area (Å²) in [5, 5.41) is 0. The van der Waals surface area contributed by atoms with E-state index in [1.54, 1.807) is 0 Å². The SMILES string of the molecule is CCCCCCN(CCCCCC)C(=O)CC[C@@H](C)[C@H]1CC[C@H]2[C@@H]3[C@H](OCCCN)C[C@@H]4C[C@H](OCCCN)CC[C@]4(C)[C@H]3C[C@H](OCCCN)[C@]12C. The minimum atomic E-state index is 0.0550. The van der Waals surface area contributed by atoms with Gasteiger partial charge in [0.1, 0.15) is 0 Å². The van der Waals surface area contributed by atoms with Crippen molar-refractivity contribution in [3.8, 4) is 0 Å². The van der Waals surface area contributed by atoms with Crippen LogP contribution in [0.5, 0.6) is 0 Å². The van der Waals surface area contributed by atoms with Crippen molar-refractivity contribution in [1.82, 2.24) is 4.90 Å². The second-order valence-electron chi connectivity index (χ2n) is 18.5. The molecule has 4 rings (SSSR count). The molecule has 8 nitrogen and oxygen atoms in total. The third-order valence-corrected chi connectivity index (χ3v) is 15.2. The number of ether oxygens (including phenoxy) is 3. The summed E-state index contributed by atoms with van der Waals surface area (Å²) in [6.45, 7) is 18.3. The molecule has 0 spiro atoms. The molecule has 310 valence electrons. The molecule has 0 radical (unpaired) electrons. The summed E-state index contributed by atoms with van der Waals surface area (Å²) in [5.74, 6) is 3.63. The van der Waals surface area contributed by atoms with E-state index in [0.717, 1.165) is 97.1 Å². The first-order valence-electron chi connectivity index (χ1n) is 22.9. The molecule has 8 heteroatoms. The topological polar surface area (TPSA) is 126 Å². The molecule has 4 aliphatic carbocycles. The summed E-state index contributed by atoms with van der Waals surface area (Å²) < 4.78 is 20.4. The first kappa shape index (κ1) is 44.9. The number of nitrogens with zero attached hydrogens (tertiary/aromatic N) is 1. The van der Waals surface area contributed by atoms with E-state index in [-0.39, 0.29) is 23.0 Å². The Labute approximate surface area is 326 Å². The molecule has 1 amide bonds. The Morgan fingerprint density at radius 3 is 1.98 bits per heavy atom. The molecule has 0 aromatic carbocycles. The van der Waals surface area contributed by atoms with E-state index in [1.165, 1.54) is 57.8 Å². The number of hydrogen-bond acceptors (Lipinski definition) is 7. The average Bonchev–Trinajstić information content (AvgIpc) is 3.51. The van der Waals surface area contributed by atoms with E-state index in [9.17, 15) is 4.79 Å². The van der Waals surface area contributed by atoms with E-state index in [1.807, 2.05) is 0 Å². The minimum absolute atomic E-state index is 0.0550. The molecule has 4 saturated carbocycles. The van der Waals surface area contributed by atoms with Crippen molar-refractivity contribution >= 4 is 5.91 Å². The van der Waals surface area contributed by atoms with Crippen LogP contribution in [0.2, 0.25) is 0 Å². The van der Waals surface area contributed by atoms with Crippen LogP contribution >= 0.6 is 0 Å². The monoisotopic (exact) mass is 747 g/mol. The quantitative estimate of drug-likeness (QED) is 0.0759. The van der Waals surface area contributed by atoms with Crippen LogP contribution in [0.4, 0.5) is 0 Å². The number of rotatable bonds is 26. The van der Waals surface area contributed by atoms with Gasteiger partial charge in [-0.05, 0) is 144 Å². The normalized spacial score (nSPS) is 34.3. The van der Waals surface area contributed by atoms with E-state index in [0.29, 0.717) is 73.6 Å². The van der Waals surface area contributed by atoms with Crippen LogP contribution < -0.4 is 17.2 Å². The van der Waals surface area contributed by atoms with Crippen LogP contribution in [-0.4, -0.2) is 81.7 Å². The lowest BCUT2D eigenvalue weighted by atomic mass is 9.43. The third-order valence-electron chi connectivity index (χ3n) is 15.2. The minimum Gasteiger partial charge on any atom is -0.378 e. The summed E-state index contributed by atoms with van der Waals surface area (Å²) in [4.78, 5) is 16.1. The fraction of sp³-hybridized carbons (Fsp3) is 0.978. The molecule has 53 heavy (non-hydrogen) atoms. The first-order chi connectivity index (χ1) is 25.7. The first-order valence-corrected chi connectivity index (χ1v) is 22.9. The van der Waals surface area contributed by atoms with Crippen LogP contribution in [0.1, 0.15) is 163 Å². The van der Waals surface area contributed by atoms with Gasteiger partial charge in [-0.25, -0.2) is 0 Å². The summed E-state index contributed by atoms with van der Waals surface area (Å²) in [5.41, 5.74) is 18.1. The Morgan fingerprint density at radius 2 is 1.36 bits per heavy atom. The smallest absolute Gasteiger partial charge is 0.222 e. The maximum absolute atomic E-state index is 13.9. The van der Waals surface area contributed by atoms with Crippen LogP contribution in [-0.2, 0) is 19.0 Å². The van der Waals surface area contributed by atoms with Gasteiger partial charge in [-0.15, -0.1) is 0 Å². The molecule has 4 aliphatic rings. The third kappa shape index (κ3) is 11.4. The average molecular weight is 747 g/mol. The van der Waals surface area contributed by atoms with Crippen LogP contribution in [0.25, 0.3) is 0 Å². The Morgan fingerprint density at radius 1 is 0.736 bits per heavy atom. The maximum Gasteiger partial charge on any atom is 0.222 e. The van der Waals surface area contributed by atoms with E-state index < -0.39 is 0 Å². The van der Waals surface area contributed by atoms with Gasteiger partial charge in [0, 0.05) is 44.7 Å². The second-order valence-corrected chi connectivity index (χ2v) is 18.5. The van der Waals surface area contributed by atoms with Gasteiger partial charge in [0.2, 0.25) is 5.91 Å². The molecule has 6 N–H and O–H groups in total. The van der Waals surface area contributed by atoms with Crippen molar-refractivity contribution < 1.29 is 19.0 Å². The lowest BCUT2D eigenvalue weighted by Gasteiger charge is -2.65. The highest BCUT2D eigenvalue weighted by molar-refractivity contribution is 5.76. The molecular weight excluding hydrogens is 661 g/mol. The standard InChI is InChI=1S/C45H86N4O4/c1-6-8-10-12-26-49(27-13-11-9-7-2)42(50)20-17-34(3)37-18-19-38-43-39(33-41(45(37,38)5)53-30-16-25-48)44(4)22-21-36(51-28-14-23-46)31-35(44)32-40(43)52-29-15-24-47/h34-41,43H,6-33,46-48H2,1-5H3/t34-,35+,36-,37-,38+,39+,40-,41+,43+,44+,45-/m1/s1. The molecule has 0 aromatic rings. The molecule has 0 aliphatic heterocycles. The van der Waals surface area contributed by atoms with Gasteiger partial charge in [-0.1, -0.05) is 73.1 Å². The molecule has 4 fully saturated rings. The highest BCUT2D eigenvalue weighted by atomic mass is 16.5. The zero-order valence-corrected chi connectivity index (χ0v) is 35.3. The lowest BCUT2D eigenvalue weighted by molar-refractivity contribution is -0.227. The lowest BCUT2D eigenvalue weighted by Crippen LogP contribution is -2.63. The number of fused-ring (bicyclic) bond motifs is 5. The number of carbonyl (C=O) groups is 1. The molecule has 0 bridgehead atoms. The summed E-state index contributed by atoms with van der Waals surface area (Å²) in [6.07, 6.45) is 23.0. The van der Waals surface area contributed by atoms with Crippen molar-refractivity contribution in [2.45, 2.75) is 181 Å². The molecular formula is C45H86N4O4. The van der Waals surface area contributed by atoms with Crippen molar-refractivity contribution in [3.63, 3.8) is 0 Å². The number of nitrogens with two attached hydrogens (primary N) is 3. The molecule has 0 saturated heterocycles. The summed E-state index contributed by atoms with van der Waals surface area (Å²) in [7, 11) is 0. The van der Waals surface area contributed by atoms with Crippen LogP contribution in [0.3, 0.4) is 0 Å². The van der Waals surface area contributed by atoms with Gasteiger partial charge in [-0.2, -0.15) is 0 Å². The Kier molecular flexibility index (Phi) is 19.4.